The lowest BCUT2D eigenvalue weighted by Gasteiger charge is -2.19. The largest absolute Gasteiger partial charge is 0.361 e. The molecule has 3 aromatic rings. The first kappa shape index (κ1) is 17.1. The van der Waals surface area contributed by atoms with Crippen molar-refractivity contribution in [2.24, 2.45) is 0 Å². The maximum Gasteiger partial charge on any atom is 0.243 e. The van der Waals surface area contributed by atoms with Gasteiger partial charge in [0.05, 0.1) is 16.6 Å². The smallest absolute Gasteiger partial charge is 0.243 e. The van der Waals surface area contributed by atoms with Gasteiger partial charge in [0.2, 0.25) is 5.91 Å². The average Bonchev–Trinajstić information content (AvgIpc) is 3.13. The Hall–Kier alpha value is -2.34. The van der Waals surface area contributed by atoms with Crippen molar-refractivity contribution in [3.8, 4) is 0 Å². The van der Waals surface area contributed by atoms with Crippen LogP contribution in [0.3, 0.4) is 0 Å². The summed E-state index contributed by atoms with van der Waals surface area (Å²) < 4.78 is 0. The zero-order valence-electron chi connectivity index (χ0n) is 14.4. The van der Waals surface area contributed by atoms with Crippen LogP contribution >= 0.6 is 11.6 Å². The van der Waals surface area contributed by atoms with Crippen molar-refractivity contribution >= 4 is 28.4 Å². The van der Waals surface area contributed by atoms with Gasteiger partial charge in [0.1, 0.15) is 0 Å². The zero-order chi connectivity index (χ0) is 18.3. The first-order chi connectivity index (χ1) is 12.5. The van der Waals surface area contributed by atoms with Crippen molar-refractivity contribution in [1.29, 1.82) is 0 Å². The van der Waals surface area contributed by atoms with E-state index in [1.165, 1.54) is 4.90 Å². The summed E-state index contributed by atoms with van der Waals surface area (Å²) in [6.45, 7) is 2.39. The second-order valence-corrected chi connectivity index (χ2v) is 7.14. The Kier molecular flexibility index (Phi) is 4.44. The molecule has 1 aliphatic heterocycles. The minimum Gasteiger partial charge on any atom is -0.361 e. The van der Waals surface area contributed by atoms with E-state index in [9.17, 15) is 9.90 Å². The van der Waals surface area contributed by atoms with Crippen LogP contribution in [-0.4, -0.2) is 33.3 Å². The van der Waals surface area contributed by atoms with Crippen LogP contribution in [0.25, 0.3) is 10.9 Å². The molecule has 2 aromatic carbocycles. The number of rotatable bonds is 4. The number of fused-ring (bicyclic) bond motifs is 1. The summed E-state index contributed by atoms with van der Waals surface area (Å²) in [5.74, 6) is -0.101. The Labute approximate surface area is 156 Å². The Morgan fingerprint density at radius 2 is 2.04 bits per heavy atom. The molecule has 1 saturated heterocycles. The van der Waals surface area contributed by atoms with E-state index < -0.39 is 12.4 Å². The third-order valence-electron chi connectivity index (χ3n) is 4.84. The van der Waals surface area contributed by atoms with Gasteiger partial charge in [0.15, 0.2) is 6.35 Å². The summed E-state index contributed by atoms with van der Waals surface area (Å²) in [7, 11) is 0. The van der Waals surface area contributed by atoms with E-state index in [1.807, 2.05) is 55.6 Å². The minimum atomic E-state index is -0.984. The Morgan fingerprint density at radius 3 is 2.85 bits per heavy atom. The van der Waals surface area contributed by atoms with Gasteiger partial charge in [0.25, 0.3) is 0 Å². The molecule has 2 atom stereocenters. The molecule has 0 radical (unpaired) electrons. The number of carbonyl (C=O) groups is 1. The maximum absolute atomic E-state index is 12.8. The van der Waals surface area contributed by atoms with E-state index in [4.69, 9.17) is 11.6 Å². The molecule has 1 amide bonds. The van der Waals surface area contributed by atoms with Gasteiger partial charge in [-0.3, -0.25) is 15.0 Å². The molecule has 2 heterocycles. The molecular weight excluding hydrogens is 350 g/mol. The summed E-state index contributed by atoms with van der Waals surface area (Å²) in [6, 6.07) is 13.2. The normalized spacial score (nSPS) is 20.3. The maximum atomic E-state index is 12.8. The number of carbonyl (C=O) groups excluding carboxylic acids is 1. The summed E-state index contributed by atoms with van der Waals surface area (Å²) in [4.78, 5) is 17.4. The van der Waals surface area contributed by atoms with E-state index in [0.717, 1.165) is 27.6 Å². The van der Waals surface area contributed by atoms with E-state index >= 15 is 0 Å². The van der Waals surface area contributed by atoms with Crippen molar-refractivity contribution in [2.75, 3.05) is 0 Å². The lowest BCUT2D eigenvalue weighted by molar-refractivity contribution is -0.134. The molecule has 1 unspecified atom stereocenters. The van der Waals surface area contributed by atoms with Gasteiger partial charge in [-0.15, -0.1) is 0 Å². The van der Waals surface area contributed by atoms with Crippen molar-refractivity contribution < 1.29 is 9.90 Å². The average molecular weight is 370 g/mol. The highest BCUT2D eigenvalue weighted by Crippen LogP contribution is 2.27. The van der Waals surface area contributed by atoms with Crippen LogP contribution in [0.15, 0.2) is 48.7 Å². The molecule has 1 fully saturated rings. The topological polar surface area (TPSA) is 68.4 Å². The second kappa shape index (κ2) is 6.76. The van der Waals surface area contributed by atoms with Crippen LogP contribution in [-0.2, 0) is 17.8 Å². The number of aryl methyl sites for hydroxylation is 1. The SMILES string of the molecule is Cc1cccc(CN2C(=O)[C@@H](Cc3c[nH]c4c(Cl)cccc34)NC2O)c1. The lowest BCUT2D eigenvalue weighted by atomic mass is 10.0. The van der Waals surface area contributed by atoms with E-state index in [2.05, 4.69) is 10.3 Å². The zero-order valence-corrected chi connectivity index (χ0v) is 15.1. The molecule has 26 heavy (non-hydrogen) atoms. The van der Waals surface area contributed by atoms with Gasteiger partial charge >= 0.3 is 0 Å². The van der Waals surface area contributed by atoms with E-state index in [0.29, 0.717) is 18.0 Å². The Balaban J connectivity index is 1.53. The second-order valence-electron chi connectivity index (χ2n) is 6.73. The fraction of sp³-hybridized carbons (Fsp3) is 0.250. The number of aliphatic hydroxyl groups is 1. The molecule has 6 heteroatoms. The summed E-state index contributed by atoms with van der Waals surface area (Å²) >= 11 is 6.20. The molecular formula is C20H20ClN3O2. The molecule has 4 rings (SSSR count). The van der Waals surface area contributed by atoms with Crippen LogP contribution in [0.1, 0.15) is 16.7 Å². The fourth-order valence-corrected chi connectivity index (χ4v) is 3.77. The Bertz CT molecular complexity index is 969. The molecule has 134 valence electrons. The summed E-state index contributed by atoms with van der Waals surface area (Å²) in [5, 5.41) is 15.0. The number of benzene rings is 2. The molecule has 3 N–H and O–H groups in total. The van der Waals surface area contributed by atoms with Gasteiger partial charge < -0.3 is 10.1 Å². The van der Waals surface area contributed by atoms with Crippen LogP contribution < -0.4 is 5.32 Å². The van der Waals surface area contributed by atoms with E-state index in [-0.39, 0.29) is 5.91 Å². The Morgan fingerprint density at radius 1 is 1.23 bits per heavy atom. The number of para-hydroxylation sites is 1. The molecule has 0 aliphatic carbocycles. The third-order valence-corrected chi connectivity index (χ3v) is 5.15. The molecule has 0 bridgehead atoms. The predicted molar refractivity (Wildman–Crippen MR) is 102 cm³/mol. The number of nitrogens with one attached hydrogen (secondary N) is 2. The van der Waals surface area contributed by atoms with E-state index in [1.54, 1.807) is 0 Å². The quantitative estimate of drug-likeness (QED) is 0.662. The predicted octanol–water partition coefficient (Wildman–Crippen LogP) is 2.95. The summed E-state index contributed by atoms with van der Waals surface area (Å²) in [5.41, 5.74) is 3.99. The highest BCUT2D eigenvalue weighted by atomic mass is 35.5. The third kappa shape index (κ3) is 3.09. The van der Waals surface area contributed by atoms with Crippen molar-refractivity contribution in [1.82, 2.24) is 15.2 Å². The first-order valence-corrected chi connectivity index (χ1v) is 8.95. The highest BCUT2D eigenvalue weighted by molar-refractivity contribution is 6.35. The molecule has 1 aliphatic rings. The lowest BCUT2D eigenvalue weighted by Crippen LogP contribution is -2.36. The van der Waals surface area contributed by atoms with Crippen molar-refractivity contribution in [3.05, 3.63) is 70.4 Å². The molecule has 0 spiro atoms. The number of aromatic amines is 1. The highest BCUT2D eigenvalue weighted by Gasteiger charge is 2.38. The first-order valence-electron chi connectivity index (χ1n) is 8.57. The number of hydrogen-bond donors (Lipinski definition) is 3. The number of nitrogens with zero attached hydrogens (tertiary/aromatic N) is 1. The van der Waals surface area contributed by atoms with Gasteiger partial charge in [-0.25, -0.2) is 0 Å². The molecule has 0 saturated carbocycles. The number of aliphatic hydroxyl groups excluding tert-OH is 1. The van der Waals surface area contributed by atoms with Gasteiger partial charge in [-0.05, 0) is 30.5 Å². The van der Waals surface area contributed by atoms with Gasteiger partial charge in [0, 0.05) is 18.1 Å². The molecule has 1 aromatic heterocycles. The minimum absolute atomic E-state index is 0.101. The number of amides is 1. The standard InChI is InChI=1S/C20H20ClN3O2/c1-12-4-2-5-13(8-12)11-24-19(25)17(23-20(24)26)9-14-10-22-18-15(14)6-3-7-16(18)21/h2-8,10,17,20,22-23,26H,9,11H2,1H3/t17-,20?/m1/s1. The monoisotopic (exact) mass is 369 g/mol. The van der Waals surface area contributed by atoms with Crippen molar-refractivity contribution in [2.45, 2.75) is 32.3 Å². The van der Waals surface area contributed by atoms with Crippen LogP contribution in [0.5, 0.6) is 0 Å². The van der Waals surface area contributed by atoms with Crippen LogP contribution in [0.4, 0.5) is 0 Å². The van der Waals surface area contributed by atoms with Crippen LogP contribution in [0, 0.1) is 6.92 Å². The summed E-state index contributed by atoms with van der Waals surface area (Å²) in [6.07, 6.45) is 1.38. The number of aromatic nitrogens is 1. The van der Waals surface area contributed by atoms with Gasteiger partial charge in [-0.2, -0.15) is 0 Å². The number of H-pyrrole nitrogens is 1. The molecule has 5 nitrogen and oxygen atoms in total. The fourth-order valence-electron chi connectivity index (χ4n) is 3.54. The number of hydrogen-bond acceptors (Lipinski definition) is 3. The van der Waals surface area contributed by atoms with Crippen LogP contribution in [0.2, 0.25) is 5.02 Å². The van der Waals surface area contributed by atoms with Crippen molar-refractivity contribution in [3.63, 3.8) is 0 Å². The van der Waals surface area contributed by atoms with Gasteiger partial charge in [-0.1, -0.05) is 53.6 Å². The number of halogens is 1.